The molecule has 1 aliphatic carbocycles. The normalized spacial score (nSPS) is 14.5. The average molecular weight is 442 g/mol. The Labute approximate surface area is 185 Å². The van der Waals surface area contributed by atoms with Crippen molar-refractivity contribution in [3.63, 3.8) is 0 Å². The molecule has 0 aliphatic heterocycles. The number of hydrogen-bond donors (Lipinski definition) is 2. The summed E-state index contributed by atoms with van der Waals surface area (Å²) < 4.78 is 26.1. The number of benzene rings is 2. The zero-order valence-corrected chi connectivity index (χ0v) is 19.0. The van der Waals surface area contributed by atoms with Crippen LogP contribution in [-0.4, -0.2) is 38.8 Å². The molecule has 0 saturated carbocycles. The summed E-state index contributed by atoms with van der Waals surface area (Å²) in [7, 11) is -2.04. The molecule has 31 heavy (non-hydrogen) atoms. The lowest BCUT2D eigenvalue weighted by atomic mass is 9.89. The van der Waals surface area contributed by atoms with Crippen LogP contribution >= 0.6 is 0 Å². The molecule has 0 saturated heterocycles. The first kappa shape index (κ1) is 23.0. The number of fused-ring (bicyclic) bond motifs is 1. The molecule has 2 aromatic carbocycles. The second kappa shape index (κ2) is 10.1. The Bertz CT molecular complexity index is 1030. The van der Waals surface area contributed by atoms with E-state index in [1.54, 1.807) is 12.1 Å². The molecule has 6 nitrogen and oxygen atoms in total. The molecule has 1 atom stereocenters. The quantitative estimate of drug-likeness (QED) is 0.582. The molecule has 1 unspecified atom stereocenters. The lowest BCUT2D eigenvalue weighted by molar-refractivity contribution is -0.120. The van der Waals surface area contributed by atoms with Gasteiger partial charge >= 0.3 is 0 Å². The van der Waals surface area contributed by atoms with Gasteiger partial charge < -0.3 is 10.6 Å². The number of sulfonamides is 1. The van der Waals surface area contributed by atoms with Crippen molar-refractivity contribution in [1.82, 2.24) is 9.62 Å². The van der Waals surface area contributed by atoms with Crippen molar-refractivity contribution in [2.24, 2.45) is 0 Å². The van der Waals surface area contributed by atoms with E-state index in [1.807, 2.05) is 6.92 Å². The van der Waals surface area contributed by atoms with Crippen molar-refractivity contribution in [2.75, 3.05) is 25.5 Å². The SMILES string of the molecule is C=CCN(C)S(=O)(=O)c1ccc(NCC(=O)NC(C)c2ccc3c(c2)CCCC3)cc1. The summed E-state index contributed by atoms with van der Waals surface area (Å²) in [6, 6.07) is 12.8. The van der Waals surface area contributed by atoms with Gasteiger partial charge in [-0.3, -0.25) is 4.79 Å². The van der Waals surface area contributed by atoms with E-state index in [9.17, 15) is 13.2 Å². The molecular formula is C24H31N3O3S. The highest BCUT2D eigenvalue weighted by molar-refractivity contribution is 7.89. The van der Waals surface area contributed by atoms with Gasteiger partial charge in [0, 0.05) is 19.3 Å². The van der Waals surface area contributed by atoms with Gasteiger partial charge in [0.1, 0.15) is 0 Å². The first-order valence-electron chi connectivity index (χ1n) is 10.6. The second-order valence-electron chi connectivity index (χ2n) is 7.98. The molecule has 2 aromatic rings. The predicted octanol–water partition coefficient (Wildman–Crippen LogP) is 3.66. The third kappa shape index (κ3) is 5.74. The minimum Gasteiger partial charge on any atom is -0.376 e. The first-order chi connectivity index (χ1) is 14.8. The van der Waals surface area contributed by atoms with Gasteiger partial charge in [0.15, 0.2) is 0 Å². The Balaban J connectivity index is 1.54. The molecule has 7 heteroatoms. The van der Waals surface area contributed by atoms with Crippen molar-refractivity contribution in [3.05, 3.63) is 71.8 Å². The number of nitrogens with one attached hydrogen (secondary N) is 2. The summed E-state index contributed by atoms with van der Waals surface area (Å²) in [6.45, 7) is 5.91. The second-order valence-corrected chi connectivity index (χ2v) is 10.0. The summed E-state index contributed by atoms with van der Waals surface area (Å²) in [5, 5.41) is 6.07. The predicted molar refractivity (Wildman–Crippen MR) is 125 cm³/mol. The molecule has 3 rings (SSSR count). The third-order valence-corrected chi connectivity index (χ3v) is 7.49. The van der Waals surface area contributed by atoms with Crippen molar-refractivity contribution in [1.29, 1.82) is 0 Å². The largest absolute Gasteiger partial charge is 0.376 e. The Morgan fingerprint density at radius 1 is 1.13 bits per heavy atom. The molecule has 0 bridgehead atoms. The molecule has 0 aromatic heterocycles. The lowest BCUT2D eigenvalue weighted by Gasteiger charge is -2.20. The molecule has 1 amide bonds. The van der Waals surface area contributed by atoms with Gasteiger partial charge in [-0.25, -0.2) is 8.42 Å². The van der Waals surface area contributed by atoms with E-state index in [0.717, 1.165) is 18.4 Å². The lowest BCUT2D eigenvalue weighted by Crippen LogP contribution is -2.32. The number of carbonyl (C=O) groups excluding carboxylic acids is 1. The molecule has 2 N–H and O–H groups in total. The van der Waals surface area contributed by atoms with Crippen LogP contribution in [0, 0.1) is 0 Å². The zero-order chi connectivity index (χ0) is 22.4. The van der Waals surface area contributed by atoms with Crippen LogP contribution < -0.4 is 10.6 Å². The Kier molecular flexibility index (Phi) is 7.51. The van der Waals surface area contributed by atoms with Gasteiger partial charge in [-0.15, -0.1) is 6.58 Å². The van der Waals surface area contributed by atoms with Gasteiger partial charge in [0.05, 0.1) is 17.5 Å². The van der Waals surface area contributed by atoms with Crippen molar-refractivity contribution >= 4 is 21.6 Å². The fourth-order valence-corrected chi connectivity index (χ4v) is 4.93. The maximum atomic E-state index is 12.4. The highest BCUT2D eigenvalue weighted by Crippen LogP contribution is 2.24. The van der Waals surface area contributed by atoms with Gasteiger partial charge in [-0.1, -0.05) is 24.3 Å². The van der Waals surface area contributed by atoms with Crippen LogP contribution in [0.2, 0.25) is 0 Å². The fraction of sp³-hybridized carbons (Fsp3) is 0.375. The van der Waals surface area contributed by atoms with Crippen LogP contribution in [0.3, 0.4) is 0 Å². The van der Waals surface area contributed by atoms with Crippen LogP contribution in [0.5, 0.6) is 0 Å². The number of likely N-dealkylation sites (N-methyl/N-ethyl adjacent to an activating group) is 1. The molecule has 0 radical (unpaired) electrons. The minimum atomic E-state index is -3.55. The number of anilines is 1. The molecule has 166 valence electrons. The topological polar surface area (TPSA) is 78.5 Å². The van der Waals surface area contributed by atoms with Crippen molar-refractivity contribution in [3.8, 4) is 0 Å². The summed E-state index contributed by atoms with van der Waals surface area (Å²) in [5.41, 5.74) is 4.63. The summed E-state index contributed by atoms with van der Waals surface area (Å²) in [5.74, 6) is -0.118. The third-order valence-electron chi connectivity index (χ3n) is 5.65. The van der Waals surface area contributed by atoms with E-state index in [2.05, 4.69) is 35.4 Å². The van der Waals surface area contributed by atoms with E-state index in [1.165, 1.54) is 53.5 Å². The summed E-state index contributed by atoms with van der Waals surface area (Å²) in [6.07, 6.45) is 6.27. The smallest absolute Gasteiger partial charge is 0.243 e. The highest BCUT2D eigenvalue weighted by Gasteiger charge is 2.19. The number of aryl methyl sites for hydroxylation is 2. The minimum absolute atomic E-state index is 0.0746. The molecule has 0 heterocycles. The van der Waals surface area contributed by atoms with E-state index in [4.69, 9.17) is 0 Å². The Hall–Kier alpha value is -2.64. The molecule has 0 fully saturated rings. The van der Waals surface area contributed by atoms with Gasteiger partial charge in [-0.05, 0) is 73.6 Å². The maximum absolute atomic E-state index is 12.4. The van der Waals surface area contributed by atoms with Gasteiger partial charge in [0.2, 0.25) is 15.9 Å². The number of carbonyl (C=O) groups is 1. The fourth-order valence-electron chi connectivity index (χ4n) is 3.79. The molecule has 0 spiro atoms. The Morgan fingerprint density at radius 3 is 2.48 bits per heavy atom. The number of rotatable bonds is 9. The maximum Gasteiger partial charge on any atom is 0.243 e. The first-order valence-corrected chi connectivity index (χ1v) is 12.1. The van der Waals surface area contributed by atoms with Crippen molar-refractivity contribution in [2.45, 2.75) is 43.5 Å². The van der Waals surface area contributed by atoms with E-state index in [-0.39, 0.29) is 29.9 Å². The number of amides is 1. The van der Waals surface area contributed by atoms with Gasteiger partial charge in [0.25, 0.3) is 0 Å². The van der Waals surface area contributed by atoms with Crippen LogP contribution in [-0.2, 0) is 27.7 Å². The highest BCUT2D eigenvalue weighted by atomic mass is 32.2. The summed E-state index contributed by atoms with van der Waals surface area (Å²) in [4.78, 5) is 12.6. The van der Waals surface area contributed by atoms with Crippen LogP contribution in [0.25, 0.3) is 0 Å². The van der Waals surface area contributed by atoms with E-state index >= 15 is 0 Å². The molecular weight excluding hydrogens is 410 g/mol. The van der Waals surface area contributed by atoms with Crippen molar-refractivity contribution < 1.29 is 13.2 Å². The average Bonchev–Trinajstić information content (AvgIpc) is 2.77. The van der Waals surface area contributed by atoms with E-state index < -0.39 is 10.0 Å². The molecule has 1 aliphatic rings. The van der Waals surface area contributed by atoms with Crippen LogP contribution in [0.15, 0.2) is 60.0 Å². The number of hydrogen-bond acceptors (Lipinski definition) is 4. The summed E-state index contributed by atoms with van der Waals surface area (Å²) >= 11 is 0. The van der Waals surface area contributed by atoms with Gasteiger partial charge in [-0.2, -0.15) is 4.31 Å². The standard InChI is InChI=1S/C24H31N3O3S/c1-4-15-27(3)31(29,30)23-13-11-22(12-14-23)25-17-24(28)26-18(2)20-10-9-19-7-5-6-8-21(19)16-20/h4,9-14,16,18,25H,1,5-8,15,17H2,2-3H3,(H,26,28). The number of nitrogens with zero attached hydrogens (tertiary/aromatic N) is 1. The Morgan fingerprint density at radius 2 is 1.81 bits per heavy atom. The van der Waals surface area contributed by atoms with Crippen LogP contribution in [0.1, 0.15) is 42.5 Å². The zero-order valence-electron chi connectivity index (χ0n) is 18.2. The van der Waals surface area contributed by atoms with E-state index in [0.29, 0.717) is 5.69 Å². The monoisotopic (exact) mass is 441 g/mol. The van der Waals surface area contributed by atoms with Crippen LogP contribution in [0.4, 0.5) is 5.69 Å².